The maximum atomic E-state index is 12.1. The topological polar surface area (TPSA) is 69.6 Å². The number of nitrogens with one attached hydrogen (secondary N) is 1. The van der Waals surface area contributed by atoms with Gasteiger partial charge in [-0.2, -0.15) is 0 Å². The van der Waals surface area contributed by atoms with Gasteiger partial charge in [-0.25, -0.2) is 4.79 Å². The Morgan fingerprint density at radius 3 is 2.79 bits per heavy atom. The van der Waals surface area contributed by atoms with Gasteiger partial charge in [0, 0.05) is 18.0 Å². The second-order valence-electron chi connectivity index (χ2n) is 5.01. The SMILES string of the molecule is CC(NC(=O)N1CC(C)C(C(=O)O)C1)c1cccs1. The van der Waals surface area contributed by atoms with E-state index >= 15 is 0 Å². The molecule has 1 aliphatic heterocycles. The van der Waals surface area contributed by atoms with Gasteiger partial charge >= 0.3 is 12.0 Å². The lowest BCUT2D eigenvalue weighted by Gasteiger charge is -2.20. The van der Waals surface area contributed by atoms with Crippen LogP contribution < -0.4 is 5.32 Å². The van der Waals surface area contributed by atoms with E-state index in [0.717, 1.165) is 4.88 Å². The van der Waals surface area contributed by atoms with Crippen LogP contribution in [0.5, 0.6) is 0 Å². The largest absolute Gasteiger partial charge is 0.481 e. The standard InChI is InChI=1S/C13H18N2O3S/c1-8-6-15(7-10(8)12(16)17)13(18)14-9(2)11-4-3-5-19-11/h3-5,8-10H,6-7H2,1-2H3,(H,14,18)(H,16,17). The fourth-order valence-corrected chi connectivity index (χ4v) is 3.07. The molecular weight excluding hydrogens is 264 g/mol. The van der Waals surface area contributed by atoms with E-state index in [1.807, 2.05) is 31.4 Å². The highest BCUT2D eigenvalue weighted by Crippen LogP contribution is 2.24. The van der Waals surface area contributed by atoms with E-state index in [1.54, 1.807) is 16.2 Å². The van der Waals surface area contributed by atoms with Crippen molar-refractivity contribution < 1.29 is 14.7 Å². The Morgan fingerprint density at radius 2 is 2.26 bits per heavy atom. The van der Waals surface area contributed by atoms with E-state index in [9.17, 15) is 9.59 Å². The molecule has 0 saturated carbocycles. The van der Waals surface area contributed by atoms with Crippen LogP contribution in [-0.2, 0) is 4.79 Å². The van der Waals surface area contributed by atoms with E-state index in [0.29, 0.717) is 13.1 Å². The van der Waals surface area contributed by atoms with Crippen LogP contribution in [-0.4, -0.2) is 35.1 Å². The molecule has 2 heterocycles. The smallest absolute Gasteiger partial charge is 0.317 e. The molecule has 2 rings (SSSR count). The molecule has 0 aromatic carbocycles. The van der Waals surface area contributed by atoms with Gasteiger partial charge in [0.25, 0.3) is 0 Å². The first kappa shape index (κ1) is 13.9. The van der Waals surface area contributed by atoms with Crippen molar-refractivity contribution in [3.05, 3.63) is 22.4 Å². The molecule has 0 radical (unpaired) electrons. The van der Waals surface area contributed by atoms with Crippen LogP contribution in [0.3, 0.4) is 0 Å². The average molecular weight is 282 g/mol. The van der Waals surface area contributed by atoms with Gasteiger partial charge in [-0.15, -0.1) is 11.3 Å². The lowest BCUT2D eigenvalue weighted by molar-refractivity contribution is -0.142. The third-order valence-electron chi connectivity index (χ3n) is 3.53. The van der Waals surface area contributed by atoms with Crippen molar-refractivity contribution >= 4 is 23.3 Å². The lowest BCUT2D eigenvalue weighted by atomic mass is 9.99. The Balaban J connectivity index is 1.93. The van der Waals surface area contributed by atoms with E-state index in [-0.39, 0.29) is 18.0 Å². The van der Waals surface area contributed by atoms with Gasteiger partial charge in [-0.1, -0.05) is 13.0 Å². The van der Waals surface area contributed by atoms with Crippen molar-refractivity contribution in [3.63, 3.8) is 0 Å². The number of carbonyl (C=O) groups excluding carboxylic acids is 1. The zero-order valence-corrected chi connectivity index (χ0v) is 11.8. The number of carbonyl (C=O) groups is 2. The highest BCUT2D eigenvalue weighted by atomic mass is 32.1. The summed E-state index contributed by atoms with van der Waals surface area (Å²) in [6.45, 7) is 4.59. The summed E-state index contributed by atoms with van der Waals surface area (Å²) >= 11 is 1.59. The zero-order chi connectivity index (χ0) is 14.0. The molecule has 3 atom stereocenters. The molecule has 19 heavy (non-hydrogen) atoms. The maximum absolute atomic E-state index is 12.1. The Kier molecular flexibility index (Phi) is 4.09. The predicted molar refractivity (Wildman–Crippen MR) is 73.1 cm³/mol. The summed E-state index contributed by atoms with van der Waals surface area (Å²) in [5.74, 6) is -1.28. The summed E-state index contributed by atoms with van der Waals surface area (Å²) in [4.78, 5) is 25.8. The Bertz CT molecular complexity index is 460. The van der Waals surface area contributed by atoms with Crippen molar-refractivity contribution in [2.45, 2.75) is 19.9 Å². The summed E-state index contributed by atoms with van der Waals surface area (Å²) in [6, 6.07) is 3.69. The molecule has 1 fully saturated rings. The van der Waals surface area contributed by atoms with Gasteiger partial charge in [-0.3, -0.25) is 4.79 Å². The fourth-order valence-electron chi connectivity index (χ4n) is 2.34. The number of hydrogen-bond acceptors (Lipinski definition) is 3. The van der Waals surface area contributed by atoms with Gasteiger partial charge in [0.15, 0.2) is 0 Å². The number of carboxylic acid groups (broad SMARTS) is 1. The van der Waals surface area contributed by atoms with Crippen molar-refractivity contribution in [2.75, 3.05) is 13.1 Å². The number of aliphatic carboxylic acids is 1. The predicted octanol–water partition coefficient (Wildman–Crippen LogP) is 2.17. The second kappa shape index (κ2) is 5.61. The number of urea groups is 1. The molecule has 6 heteroatoms. The number of amides is 2. The molecule has 1 aromatic rings. The van der Waals surface area contributed by atoms with Crippen LogP contribution in [0, 0.1) is 11.8 Å². The van der Waals surface area contributed by atoms with E-state index in [1.165, 1.54) is 0 Å². The molecule has 1 aromatic heterocycles. The van der Waals surface area contributed by atoms with E-state index in [2.05, 4.69) is 5.32 Å². The van der Waals surface area contributed by atoms with Crippen LogP contribution in [0.4, 0.5) is 4.79 Å². The fraction of sp³-hybridized carbons (Fsp3) is 0.538. The van der Waals surface area contributed by atoms with E-state index < -0.39 is 11.9 Å². The van der Waals surface area contributed by atoms with Crippen LogP contribution in [0.25, 0.3) is 0 Å². The normalized spacial score (nSPS) is 24.2. The van der Waals surface area contributed by atoms with Gasteiger partial charge in [0.05, 0.1) is 12.0 Å². The highest BCUT2D eigenvalue weighted by Gasteiger charge is 2.37. The van der Waals surface area contributed by atoms with Gasteiger partial charge < -0.3 is 15.3 Å². The highest BCUT2D eigenvalue weighted by molar-refractivity contribution is 7.10. The molecule has 5 nitrogen and oxygen atoms in total. The summed E-state index contributed by atoms with van der Waals surface area (Å²) in [5.41, 5.74) is 0. The van der Waals surface area contributed by atoms with Gasteiger partial charge in [-0.05, 0) is 24.3 Å². The quantitative estimate of drug-likeness (QED) is 0.892. The number of nitrogens with zero attached hydrogens (tertiary/aromatic N) is 1. The van der Waals surface area contributed by atoms with Gasteiger partial charge in [0.1, 0.15) is 0 Å². The molecule has 1 aliphatic rings. The minimum Gasteiger partial charge on any atom is -0.481 e. The number of thiophene rings is 1. The van der Waals surface area contributed by atoms with Crippen molar-refractivity contribution in [1.29, 1.82) is 0 Å². The third kappa shape index (κ3) is 3.07. The van der Waals surface area contributed by atoms with Crippen LogP contribution >= 0.6 is 11.3 Å². The summed E-state index contributed by atoms with van der Waals surface area (Å²) in [5, 5.41) is 13.9. The van der Waals surface area contributed by atoms with Crippen molar-refractivity contribution in [1.82, 2.24) is 10.2 Å². The maximum Gasteiger partial charge on any atom is 0.317 e. The molecule has 0 bridgehead atoms. The first-order valence-electron chi connectivity index (χ1n) is 6.30. The summed E-state index contributed by atoms with van der Waals surface area (Å²) in [6.07, 6.45) is 0. The zero-order valence-electron chi connectivity index (χ0n) is 11.0. The molecule has 0 spiro atoms. The number of rotatable bonds is 3. The Labute approximate surface area is 116 Å². The monoisotopic (exact) mass is 282 g/mol. The molecule has 0 aliphatic carbocycles. The first-order chi connectivity index (χ1) is 8.99. The summed E-state index contributed by atoms with van der Waals surface area (Å²) < 4.78 is 0. The minimum absolute atomic E-state index is 0.000272. The molecular formula is C13H18N2O3S. The second-order valence-corrected chi connectivity index (χ2v) is 5.99. The Morgan fingerprint density at radius 1 is 1.53 bits per heavy atom. The Hall–Kier alpha value is -1.56. The number of hydrogen-bond donors (Lipinski definition) is 2. The first-order valence-corrected chi connectivity index (χ1v) is 7.18. The van der Waals surface area contributed by atoms with E-state index in [4.69, 9.17) is 5.11 Å². The summed E-state index contributed by atoms with van der Waals surface area (Å²) in [7, 11) is 0. The molecule has 2 N–H and O–H groups in total. The minimum atomic E-state index is -0.825. The average Bonchev–Trinajstić information content (AvgIpc) is 2.96. The van der Waals surface area contributed by atoms with Gasteiger partial charge in [0.2, 0.25) is 0 Å². The number of carboxylic acids is 1. The molecule has 3 unspecified atom stereocenters. The lowest BCUT2D eigenvalue weighted by Crippen LogP contribution is -2.40. The van der Waals surface area contributed by atoms with Crippen molar-refractivity contribution in [2.24, 2.45) is 11.8 Å². The molecule has 104 valence electrons. The third-order valence-corrected chi connectivity index (χ3v) is 4.58. The van der Waals surface area contributed by atoms with Crippen LogP contribution in [0.2, 0.25) is 0 Å². The van der Waals surface area contributed by atoms with Crippen LogP contribution in [0.1, 0.15) is 24.8 Å². The van der Waals surface area contributed by atoms with Crippen molar-refractivity contribution in [3.8, 4) is 0 Å². The number of likely N-dealkylation sites (tertiary alicyclic amines) is 1. The van der Waals surface area contributed by atoms with Crippen LogP contribution in [0.15, 0.2) is 17.5 Å². The molecule has 2 amide bonds. The molecule has 1 saturated heterocycles.